The Labute approximate surface area is 162 Å². The highest BCUT2D eigenvalue weighted by Gasteiger charge is 2.23. The Balaban J connectivity index is 1.76. The summed E-state index contributed by atoms with van der Waals surface area (Å²) in [5.41, 5.74) is 0.617. The summed E-state index contributed by atoms with van der Waals surface area (Å²) >= 11 is 6.12. The Hall–Kier alpha value is -2.42. The Morgan fingerprint density at radius 3 is 2.52 bits per heavy atom. The normalized spacial score (nSPS) is 11.7. The number of hydrogen-bond acceptors (Lipinski definition) is 6. The lowest BCUT2D eigenvalue weighted by atomic mass is 10.2. The zero-order valence-electron chi connectivity index (χ0n) is 14.8. The van der Waals surface area contributed by atoms with Gasteiger partial charge in [0, 0.05) is 12.6 Å². The van der Waals surface area contributed by atoms with Gasteiger partial charge in [0.15, 0.2) is 0 Å². The first-order chi connectivity index (χ1) is 12.9. The van der Waals surface area contributed by atoms with Crippen molar-refractivity contribution < 1.29 is 17.7 Å². The van der Waals surface area contributed by atoms with Crippen LogP contribution in [0.1, 0.15) is 12.8 Å². The highest BCUT2D eigenvalue weighted by molar-refractivity contribution is 7.89. The number of benzene rings is 2. The van der Waals surface area contributed by atoms with Gasteiger partial charge in [0.1, 0.15) is 5.75 Å². The molecular weight excluding hydrogens is 390 g/mol. The van der Waals surface area contributed by atoms with Crippen molar-refractivity contribution in [1.29, 1.82) is 0 Å². The second-order valence-corrected chi connectivity index (χ2v) is 8.11. The van der Waals surface area contributed by atoms with Gasteiger partial charge in [-0.1, -0.05) is 28.9 Å². The van der Waals surface area contributed by atoms with Gasteiger partial charge >= 0.3 is 0 Å². The molecule has 142 valence electrons. The van der Waals surface area contributed by atoms with Crippen LogP contribution in [0.5, 0.6) is 5.75 Å². The first kappa shape index (κ1) is 19.3. The van der Waals surface area contributed by atoms with Gasteiger partial charge in [0.2, 0.25) is 21.7 Å². The molecule has 0 radical (unpaired) electrons. The van der Waals surface area contributed by atoms with E-state index in [0.717, 1.165) is 4.31 Å². The number of rotatable bonds is 7. The van der Waals surface area contributed by atoms with Crippen LogP contribution in [0.3, 0.4) is 0 Å². The third kappa shape index (κ3) is 4.29. The molecule has 0 aliphatic carbocycles. The van der Waals surface area contributed by atoms with Crippen molar-refractivity contribution in [1.82, 2.24) is 14.4 Å². The number of nitrogens with zero attached hydrogens (tertiary/aromatic N) is 3. The fraction of sp³-hybridized carbons (Fsp3) is 0.222. The third-order valence-corrected chi connectivity index (χ3v) is 5.93. The summed E-state index contributed by atoms with van der Waals surface area (Å²) in [6, 6.07) is 13.3. The zero-order valence-corrected chi connectivity index (χ0v) is 16.4. The number of sulfonamides is 1. The Bertz CT molecular complexity index is 1020. The molecule has 0 aliphatic heterocycles. The lowest BCUT2D eigenvalue weighted by Crippen LogP contribution is -2.26. The molecule has 0 amide bonds. The summed E-state index contributed by atoms with van der Waals surface area (Å²) in [4.78, 5) is 4.39. The molecule has 0 N–H and O–H groups in total. The first-order valence-corrected chi connectivity index (χ1v) is 10.0. The fourth-order valence-corrected chi connectivity index (χ4v) is 3.74. The average molecular weight is 408 g/mol. The minimum absolute atomic E-state index is 0.0625. The van der Waals surface area contributed by atoms with Gasteiger partial charge in [-0.2, -0.15) is 9.29 Å². The molecule has 9 heteroatoms. The predicted octanol–water partition coefficient (Wildman–Crippen LogP) is 3.61. The summed E-state index contributed by atoms with van der Waals surface area (Å²) < 4.78 is 37.1. The molecule has 27 heavy (non-hydrogen) atoms. The molecular formula is C18H18ClN3O4S. The molecule has 1 heterocycles. The Kier molecular flexibility index (Phi) is 5.79. The third-order valence-electron chi connectivity index (χ3n) is 3.78. The molecule has 0 fully saturated rings. The van der Waals surface area contributed by atoms with Gasteiger partial charge < -0.3 is 9.26 Å². The van der Waals surface area contributed by atoms with E-state index in [2.05, 4.69) is 10.1 Å². The monoisotopic (exact) mass is 407 g/mol. The number of halogens is 1. The van der Waals surface area contributed by atoms with Crippen molar-refractivity contribution in [2.75, 3.05) is 13.7 Å². The van der Waals surface area contributed by atoms with E-state index in [-0.39, 0.29) is 17.3 Å². The summed E-state index contributed by atoms with van der Waals surface area (Å²) in [7, 11) is -2.26. The molecule has 0 aliphatic rings. The van der Waals surface area contributed by atoms with Crippen molar-refractivity contribution in [3.8, 4) is 17.1 Å². The van der Waals surface area contributed by atoms with Gasteiger partial charge in [0.25, 0.3) is 0 Å². The minimum Gasteiger partial charge on any atom is -0.494 e. The number of aromatic nitrogens is 2. The molecule has 1 aromatic heterocycles. The van der Waals surface area contributed by atoms with Crippen LogP contribution in [0.25, 0.3) is 11.4 Å². The lowest BCUT2D eigenvalue weighted by molar-refractivity contribution is 0.336. The van der Waals surface area contributed by atoms with E-state index in [1.165, 1.54) is 19.2 Å². The second kappa shape index (κ2) is 8.08. The maximum absolute atomic E-state index is 12.7. The van der Waals surface area contributed by atoms with Gasteiger partial charge in [-0.25, -0.2) is 8.42 Å². The SMILES string of the molecule is CCOc1ccc(S(=O)(=O)N(C)Cc2nc(-c3ccccc3Cl)no2)cc1. The van der Waals surface area contributed by atoms with Crippen LogP contribution in [-0.4, -0.2) is 36.5 Å². The second-order valence-electron chi connectivity index (χ2n) is 5.66. The average Bonchev–Trinajstić information content (AvgIpc) is 3.11. The molecule has 0 spiro atoms. The lowest BCUT2D eigenvalue weighted by Gasteiger charge is -2.15. The van der Waals surface area contributed by atoms with Crippen LogP contribution < -0.4 is 4.74 Å². The molecule has 0 atom stereocenters. The van der Waals surface area contributed by atoms with E-state index in [1.807, 2.05) is 6.92 Å². The fourth-order valence-electron chi connectivity index (χ4n) is 2.40. The van der Waals surface area contributed by atoms with Gasteiger partial charge in [-0.15, -0.1) is 0 Å². The van der Waals surface area contributed by atoms with Crippen LogP contribution in [0.15, 0.2) is 57.9 Å². The molecule has 0 saturated carbocycles. The molecule has 3 aromatic rings. The molecule has 3 rings (SSSR count). The van der Waals surface area contributed by atoms with E-state index in [4.69, 9.17) is 20.9 Å². The number of hydrogen-bond donors (Lipinski definition) is 0. The van der Waals surface area contributed by atoms with Gasteiger partial charge in [-0.3, -0.25) is 0 Å². The van der Waals surface area contributed by atoms with E-state index >= 15 is 0 Å². The zero-order chi connectivity index (χ0) is 19.4. The highest BCUT2D eigenvalue weighted by Crippen LogP contribution is 2.25. The van der Waals surface area contributed by atoms with Crippen LogP contribution in [0.2, 0.25) is 5.02 Å². The molecule has 2 aromatic carbocycles. The summed E-state index contributed by atoms with van der Waals surface area (Å²) in [6.07, 6.45) is 0. The van der Waals surface area contributed by atoms with Gasteiger partial charge in [-0.05, 0) is 43.3 Å². The van der Waals surface area contributed by atoms with Gasteiger partial charge in [0.05, 0.1) is 23.1 Å². The minimum atomic E-state index is -3.71. The van der Waals surface area contributed by atoms with Crippen molar-refractivity contribution in [2.45, 2.75) is 18.4 Å². The summed E-state index contributed by atoms with van der Waals surface area (Å²) in [5.74, 6) is 1.09. The molecule has 0 bridgehead atoms. The highest BCUT2D eigenvalue weighted by atomic mass is 35.5. The largest absolute Gasteiger partial charge is 0.494 e. The first-order valence-electron chi connectivity index (χ1n) is 8.18. The predicted molar refractivity (Wildman–Crippen MR) is 101 cm³/mol. The molecule has 0 unspecified atom stereocenters. The van der Waals surface area contributed by atoms with Crippen molar-refractivity contribution in [2.24, 2.45) is 0 Å². The van der Waals surface area contributed by atoms with E-state index < -0.39 is 10.0 Å². The topological polar surface area (TPSA) is 85.5 Å². The van der Waals surface area contributed by atoms with E-state index in [1.54, 1.807) is 36.4 Å². The van der Waals surface area contributed by atoms with Crippen LogP contribution in [-0.2, 0) is 16.6 Å². The van der Waals surface area contributed by atoms with Crippen LogP contribution in [0, 0.1) is 0 Å². The van der Waals surface area contributed by atoms with Crippen molar-refractivity contribution in [3.63, 3.8) is 0 Å². The summed E-state index contributed by atoms with van der Waals surface area (Å²) in [5, 5.41) is 4.36. The van der Waals surface area contributed by atoms with E-state index in [9.17, 15) is 8.42 Å². The number of ether oxygens (including phenoxy) is 1. The maximum Gasteiger partial charge on any atom is 0.243 e. The Morgan fingerprint density at radius 2 is 1.85 bits per heavy atom. The van der Waals surface area contributed by atoms with Crippen molar-refractivity contribution >= 4 is 21.6 Å². The smallest absolute Gasteiger partial charge is 0.243 e. The summed E-state index contributed by atoms with van der Waals surface area (Å²) in [6.45, 7) is 2.31. The van der Waals surface area contributed by atoms with Crippen LogP contribution in [0.4, 0.5) is 0 Å². The molecule has 0 saturated heterocycles. The maximum atomic E-state index is 12.7. The molecule has 7 nitrogen and oxygen atoms in total. The van der Waals surface area contributed by atoms with E-state index in [0.29, 0.717) is 28.8 Å². The quantitative estimate of drug-likeness (QED) is 0.594. The Morgan fingerprint density at radius 1 is 1.15 bits per heavy atom. The standard InChI is InChI=1S/C18H18ClN3O4S/c1-3-25-13-8-10-14(11-9-13)27(23,24)22(2)12-17-20-18(21-26-17)15-6-4-5-7-16(15)19/h4-11H,3,12H2,1-2H3. The van der Waals surface area contributed by atoms with Crippen LogP contribution >= 0.6 is 11.6 Å². The van der Waals surface area contributed by atoms with Crippen molar-refractivity contribution in [3.05, 3.63) is 59.4 Å².